The Morgan fingerprint density at radius 2 is 1.89 bits per heavy atom. The van der Waals surface area contributed by atoms with Gasteiger partial charge < -0.3 is 5.32 Å². The van der Waals surface area contributed by atoms with E-state index in [0.29, 0.717) is 0 Å². The maximum atomic E-state index is 3.97. The van der Waals surface area contributed by atoms with Crippen LogP contribution in [-0.4, -0.2) is 16.7 Å². The average molecular weight is 241 g/mol. The van der Waals surface area contributed by atoms with Gasteiger partial charge in [0.15, 0.2) is 0 Å². The van der Waals surface area contributed by atoms with Gasteiger partial charge in [-0.2, -0.15) is 5.10 Å². The van der Waals surface area contributed by atoms with Crippen LogP contribution in [-0.2, 0) is 0 Å². The van der Waals surface area contributed by atoms with E-state index in [9.17, 15) is 0 Å². The van der Waals surface area contributed by atoms with Gasteiger partial charge in [0.2, 0.25) is 0 Å². The quantitative estimate of drug-likeness (QED) is 0.857. The van der Waals surface area contributed by atoms with Crippen LogP contribution in [0.15, 0.2) is 36.5 Å². The van der Waals surface area contributed by atoms with Gasteiger partial charge >= 0.3 is 0 Å². The van der Waals surface area contributed by atoms with Crippen LogP contribution in [0.2, 0.25) is 0 Å². The Hall–Kier alpha value is -1.77. The number of benzene rings is 1. The van der Waals surface area contributed by atoms with Crippen molar-refractivity contribution < 1.29 is 0 Å². The molecule has 1 heterocycles. The summed E-state index contributed by atoms with van der Waals surface area (Å²) in [4.78, 5) is 0. The number of nitrogens with one attached hydrogen (secondary N) is 2. The number of aromatic amines is 1. The van der Waals surface area contributed by atoms with Gasteiger partial charge in [0.05, 0.1) is 5.69 Å². The van der Waals surface area contributed by atoms with Crippen molar-refractivity contribution in [2.75, 3.05) is 11.9 Å². The third kappa shape index (κ3) is 2.55. The van der Waals surface area contributed by atoms with Gasteiger partial charge in [0.1, 0.15) is 0 Å². The number of hydrogen-bond acceptors (Lipinski definition) is 2. The van der Waals surface area contributed by atoms with Crippen LogP contribution in [0.3, 0.4) is 0 Å². The van der Waals surface area contributed by atoms with E-state index < -0.39 is 0 Å². The summed E-state index contributed by atoms with van der Waals surface area (Å²) in [5.74, 6) is 0.872. The molecule has 0 amide bonds. The lowest BCUT2D eigenvalue weighted by Crippen LogP contribution is -2.10. The average Bonchev–Trinajstić information content (AvgIpc) is 3.10. The van der Waals surface area contributed by atoms with Crippen molar-refractivity contribution in [3.8, 4) is 11.3 Å². The molecule has 0 spiro atoms. The number of hydrogen-bond donors (Lipinski definition) is 2. The van der Waals surface area contributed by atoms with Gasteiger partial charge in [-0.25, -0.2) is 0 Å². The van der Waals surface area contributed by atoms with E-state index in [1.807, 2.05) is 6.07 Å². The van der Waals surface area contributed by atoms with Gasteiger partial charge in [-0.05, 0) is 42.5 Å². The van der Waals surface area contributed by atoms with E-state index in [4.69, 9.17) is 0 Å². The zero-order valence-corrected chi connectivity index (χ0v) is 10.5. The first kappa shape index (κ1) is 11.3. The molecule has 0 unspecified atom stereocenters. The molecule has 0 saturated heterocycles. The second-order valence-electron chi connectivity index (χ2n) is 5.08. The predicted molar refractivity (Wildman–Crippen MR) is 74.5 cm³/mol. The fourth-order valence-electron chi connectivity index (χ4n) is 2.66. The highest BCUT2D eigenvalue weighted by Gasteiger charge is 2.14. The van der Waals surface area contributed by atoms with Crippen molar-refractivity contribution in [1.29, 1.82) is 0 Å². The van der Waals surface area contributed by atoms with Crippen molar-refractivity contribution in [2.45, 2.75) is 25.7 Å². The topological polar surface area (TPSA) is 40.7 Å². The molecule has 3 rings (SSSR count). The SMILES string of the molecule is c1cc(-c2ccc(NCC3CCCC3)cc2)[nH]n1. The van der Waals surface area contributed by atoms with E-state index in [1.165, 1.54) is 36.9 Å². The molecule has 3 heteroatoms. The molecule has 1 aromatic carbocycles. The van der Waals surface area contributed by atoms with Crippen LogP contribution in [0.5, 0.6) is 0 Å². The van der Waals surface area contributed by atoms with Gasteiger partial charge in [-0.15, -0.1) is 0 Å². The molecule has 2 N–H and O–H groups in total. The lowest BCUT2D eigenvalue weighted by atomic mass is 10.1. The molecule has 0 radical (unpaired) electrons. The Morgan fingerprint density at radius 1 is 1.11 bits per heavy atom. The summed E-state index contributed by atoms with van der Waals surface area (Å²) in [5.41, 5.74) is 3.46. The van der Waals surface area contributed by atoms with Crippen molar-refractivity contribution in [1.82, 2.24) is 10.2 Å². The number of aromatic nitrogens is 2. The normalized spacial score (nSPS) is 16.0. The summed E-state index contributed by atoms with van der Waals surface area (Å²) in [6.45, 7) is 1.11. The standard InChI is InChI=1S/C15H19N3/c1-2-4-12(3-1)11-16-14-7-5-13(6-8-14)15-9-10-17-18-15/h5-10,12,16H,1-4,11H2,(H,17,18). The Kier molecular flexibility index (Phi) is 3.31. The first-order valence-corrected chi connectivity index (χ1v) is 6.75. The summed E-state index contributed by atoms with van der Waals surface area (Å²) >= 11 is 0. The van der Waals surface area contributed by atoms with Crippen LogP contribution in [0.25, 0.3) is 11.3 Å². The van der Waals surface area contributed by atoms with E-state index in [2.05, 4.69) is 39.8 Å². The number of anilines is 1. The minimum absolute atomic E-state index is 0.872. The molecule has 1 aliphatic carbocycles. The Morgan fingerprint density at radius 3 is 2.56 bits per heavy atom. The van der Waals surface area contributed by atoms with Gasteiger partial charge in [-0.3, -0.25) is 5.10 Å². The summed E-state index contributed by atoms with van der Waals surface area (Å²) in [5, 5.41) is 10.5. The molecule has 1 aromatic heterocycles. The lowest BCUT2D eigenvalue weighted by Gasteiger charge is -2.12. The fourth-order valence-corrected chi connectivity index (χ4v) is 2.66. The predicted octanol–water partition coefficient (Wildman–Crippen LogP) is 3.68. The number of H-pyrrole nitrogens is 1. The fraction of sp³-hybridized carbons (Fsp3) is 0.400. The molecule has 94 valence electrons. The van der Waals surface area contributed by atoms with Crippen LogP contribution in [0.4, 0.5) is 5.69 Å². The highest BCUT2D eigenvalue weighted by atomic mass is 15.1. The first-order chi connectivity index (χ1) is 8.92. The highest BCUT2D eigenvalue weighted by molar-refractivity contribution is 5.62. The zero-order valence-electron chi connectivity index (χ0n) is 10.5. The molecule has 0 aliphatic heterocycles. The van der Waals surface area contributed by atoms with Gasteiger partial charge in [0.25, 0.3) is 0 Å². The second-order valence-corrected chi connectivity index (χ2v) is 5.08. The molecule has 0 bridgehead atoms. The van der Waals surface area contributed by atoms with Crippen LogP contribution >= 0.6 is 0 Å². The minimum atomic E-state index is 0.872. The summed E-state index contributed by atoms with van der Waals surface area (Å²) < 4.78 is 0. The van der Waals surface area contributed by atoms with Crippen molar-refractivity contribution in [3.05, 3.63) is 36.5 Å². The Labute approximate surface area is 108 Å². The molecule has 2 aromatic rings. The summed E-state index contributed by atoms with van der Waals surface area (Å²) in [7, 11) is 0. The third-order valence-electron chi connectivity index (χ3n) is 3.77. The molecular formula is C15H19N3. The molecule has 3 nitrogen and oxygen atoms in total. The molecule has 1 saturated carbocycles. The van der Waals surface area contributed by atoms with Crippen molar-refractivity contribution in [2.24, 2.45) is 5.92 Å². The van der Waals surface area contributed by atoms with E-state index in [0.717, 1.165) is 18.2 Å². The minimum Gasteiger partial charge on any atom is -0.385 e. The smallest absolute Gasteiger partial charge is 0.0650 e. The molecule has 1 aliphatic rings. The number of rotatable bonds is 4. The maximum absolute atomic E-state index is 3.97. The van der Waals surface area contributed by atoms with Crippen LogP contribution in [0, 0.1) is 5.92 Å². The second kappa shape index (κ2) is 5.25. The number of nitrogens with zero attached hydrogens (tertiary/aromatic N) is 1. The van der Waals surface area contributed by atoms with Crippen molar-refractivity contribution >= 4 is 5.69 Å². The summed E-state index contributed by atoms with van der Waals surface area (Å²) in [6.07, 6.45) is 7.37. The first-order valence-electron chi connectivity index (χ1n) is 6.75. The monoisotopic (exact) mass is 241 g/mol. The van der Waals surface area contributed by atoms with Crippen LogP contribution in [0.1, 0.15) is 25.7 Å². The molecular weight excluding hydrogens is 222 g/mol. The van der Waals surface area contributed by atoms with Crippen LogP contribution < -0.4 is 5.32 Å². The maximum Gasteiger partial charge on any atom is 0.0650 e. The van der Waals surface area contributed by atoms with Gasteiger partial charge in [0, 0.05) is 18.4 Å². The molecule has 18 heavy (non-hydrogen) atoms. The largest absolute Gasteiger partial charge is 0.385 e. The zero-order chi connectivity index (χ0) is 12.2. The lowest BCUT2D eigenvalue weighted by molar-refractivity contribution is 0.580. The van der Waals surface area contributed by atoms with E-state index in [-0.39, 0.29) is 0 Å². The van der Waals surface area contributed by atoms with Crippen molar-refractivity contribution in [3.63, 3.8) is 0 Å². The third-order valence-corrected chi connectivity index (χ3v) is 3.77. The van der Waals surface area contributed by atoms with E-state index >= 15 is 0 Å². The Balaban J connectivity index is 1.60. The van der Waals surface area contributed by atoms with E-state index in [1.54, 1.807) is 6.20 Å². The summed E-state index contributed by atoms with van der Waals surface area (Å²) in [6, 6.07) is 10.5. The molecule has 0 atom stereocenters. The highest BCUT2D eigenvalue weighted by Crippen LogP contribution is 2.25. The molecule has 1 fully saturated rings. The van der Waals surface area contributed by atoms with Gasteiger partial charge in [-0.1, -0.05) is 25.0 Å². The Bertz CT molecular complexity index is 467.